The van der Waals surface area contributed by atoms with Gasteiger partial charge in [-0.2, -0.15) is 0 Å². The molecule has 1 rings (SSSR count). The van der Waals surface area contributed by atoms with E-state index in [1.807, 2.05) is 0 Å². The van der Waals surface area contributed by atoms with Crippen molar-refractivity contribution in [3.05, 3.63) is 47.5 Å². The van der Waals surface area contributed by atoms with Crippen LogP contribution in [-0.4, -0.2) is 48.4 Å². The minimum atomic E-state index is -1.04. The molecule has 0 aliphatic carbocycles. The highest BCUT2D eigenvalue weighted by Crippen LogP contribution is 2.21. The third-order valence-corrected chi connectivity index (χ3v) is 3.20. The number of ether oxygens (including phenoxy) is 2. The molecular weight excluding hydrogens is 326 g/mol. The van der Waals surface area contributed by atoms with Crippen molar-refractivity contribution in [2.45, 2.75) is 26.3 Å². The maximum absolute atomic E-state index is 12.9. The topological polar surface area (TPSA) is 90.0 Å². The summed E-state index contributed by atoms with van der Waals surface area (Å²) in [4.78, 5) is 50.0. The first-order chi connectivity index (χ1) is 11.6. The smallest absolute Gasteiger partial charge is 0.343 e. The Morgan fingerprint density at radius 1 is 0.960 bits per heavy atom. The first-order valence-corrected chi connectivity index (χ1v) is 7.45. The SMILES string of the molecule is COC(=O)/C=C(/C(=O)OC)C(=O)N(C(=O)c1ccccc1)C(C)(C)C. The van der Waals surface area contributed by atoms with Crippen LogP contribution in [0, 0.1) is 0 Å². The zero-order valence-corrected chi connectivity index (χ0v) is 14.9. The molecule has 0 heterocycles. The van der Waals surface area contributed by atoms with Gasteiger partial charge in [0, 0.05) is 17.2 Å². The molecule has 0 saturated carbocycles. The molecule has 0 aliphatic heterocycles. The molecule has 0 aromatic heterocycles. The zero-order valence-electron chi connectivity index (χ0n) is 14.9. The van der Waals surface area contributed by atoms with E-state index in [0.717, 1.165) is 19.1 Å². The Bertz CT molecular complexity index is 700. The minimum Gasteiger partial charge on any atom is -0.466 e. The molecule has 7 heteroatoms. The number of hydrogen-bond donors (Lipinski definition) is 0. The van der Waals surface area contributed by atoms with Gasteiger partial charge in [-0.1, -0.05) is 18.2 Å². The summed E-state index contributed by atoms with van der Waals surface area (Å²) in [5.74, 6) is -3.49. The van der Waals surface area contributed by atoms with Crippen molar-refractivity contribution in [2.75, 3.05) is 14.2 Å². The van der Waals surface area contributed by atoms with Gasteiger partial charge < -0.3 is 9.47 Å². The highest BCUT2D eigenvalue weighted by molar-refractivity contribution is 6.23. The van der Waals surface area contributed by atoms with Gasteiger partial charge in [0.25, 0.3) is 11.8 Å². The standard InChI is InChI=1S/C18H21NO6/c1-18(2,3)19(15(21)12-9-7-6-8-10-12)16(22)13(17(23)25-5)11-14(20)24-4/h6-11H,1-5H3/b13-11+. The average molecular weight is 347 g/mol. The predicted molar refractivity (Wildman–Crippen MR) is 89.5 cm³/mol. The lowest BCUT2D eigenvalue weighted by atomic mass is 10.0. The molecular formula is C18H21NO6. The van der Waals surface area contributed by atoms with E-state index in [-0.39, 0.29) is 5.56 Å². The predicted octanol–water partition coefficient (Wildman–Crippen LogP) is 1.73. The van der Waals surface area contributed by atoms with E-state index >= 15 is 0 Å². The summed E-state index contributed by atoms with van der Waals surface area (Å²) in [6, 6.07) is 8.15. The van der Waals surface area contributed by atoms with Gasteiger partial charge in [-0.15, -0.1) is 0 Å². The van der Waals surface area contributed by atoms with Crippen molar-refractivity contribution in [1.82, 2.24) is 4.90 Å². The highest BCUT2D eigenvalue weighted by atomic mass is 16.5. The summed E-state index contributed by atoms with van der Waals surface area (Å²) >= 11 is 0. The Morgan fingerprint density at radius 3 is 1.96 bits per heavy atom. The molecule has 25 heavy (non-hydrogen) atoms. The zero-order chi connectivity index (χ0) is 19.2. The van der Waals surface area contributed by atoms with Crippen LogP contribution in [0.4, 0.5) is 0 Å². The molecule has 0 spiro atoms. The molecule has 134 valence electrons. The number of benzene rings is 1. The fourth-order valence-electron chi connectivity index (χ4n) is 2.03. The van der Waals surface area contributed by atoms with Crippen molar-refractivity contribution in [2.24, 2.45) is 0 Å². The molecule has 2 amide bonds. The molecule has 0 fully saturated rings. The van der Waals surface area contributed by atoms with Crippen molar-refractivity contribution in [3.8, 4) is 0 Å². The van der Waals surface area contributed by atoms with Gasteiger partial charge in [-0.05, 0) is 32.9 Å². The number of imide groups is 1. The fraction of sp³-hybridized carbons (Fsp3) is 0.333. The van der Waals surface area contributed by atoms with Crippen LogP contribution in [0.25, 0.3) is 0 Å². The Kier molecular flexibility index (Phi) is 6.61. The molecule has 0 saturated heterocycles. The van der Waals surface area contributed by atoms with Crippen LogP contribution in [0.3, 0.4) is 0 Å². The van der Waals surface area contributed by atoms with Crippen LogP contribution >= 0.6 is 0 Å². The number of methoxy groups -OCH3 is 2. The lowest BCUT2D eigenvalue weighted by Crippen LogP contribution is -2.51. The summed E-state index contributed by atoms with van der Waals surface area (Å²) in [5.41, 5.74) is -1.27. The second-order valence-electron chi connectivity index (χ2n) is 6.06. The van der Waals surface area contributed by atoms with E-state index in [1.165, 1.54) is 0 Å². The summed E-state index contributed by atoms with van der Waals surface area (Å²) < 4.78 is 9.01. The molecule has 0 atom stereocenters. The normalized spacial score (nSPS) is 11.5. The van der Waals surface area contributed by atoms with E-state index in [4.69, 9.17) is 0 Å². The molecule has 1 aromatic rings. The quantitative estimate of drug-likeness (QED) is 0.357. The number of nitrogens with zero attached hydrogens (tertiary/aromatic N) is 1. The van der Waals surface area contributed by atoms with Gasteiger partial charge in [0.15, 0.2) is 0 Å². The fourth-order valence-corrected chi connectivity index (χ4v) is 2.03. The van der Waals surface area contributed by atoms with E-state index in [0.29, 0.717) is 6.08 Å². The summed E-state index contributed by atoms with van der Waals surface area (Å²) in [6.45, 7) is 4.91. The number of carbonyl (C=O) groups excluding carboxylic acids is 4. The van der Waals surface area contributed by atoms with Crippen molar-refractivity contribution < 1.29 is 28.7 Å². The third kappa shape index (κ3) is 5.00. The van der Waals surface area contributed by atoms with Crippen LogP contribution in [0.5, 0.6) is 0 Å². The number of amides is 2. The lowest BCUT2D eigenvalue weighted by molar-refractivity contribution is -0.142. The Hall–Kier alpha value is -2.96. The van der Waals surface area contributed by atoms with Crippen molar-refractivity contribution in [3.63, 3.8) is 0 Å². The van der Waals surface area contributed by atoms with Gasteiger partial charge in [0.2, 0.25) is 0 Å². The Morgan fingerprint density at radius 2 is 1.52 bits per heavy atom. The van der Waals surface area contributed by atoms with Crippen LogP contribution in [0.1, 0.15) is 31.1 Å². The van der Waals surface area contributed by atoms with E-state index < -0.39 is 34.9 Å². The van der Waals surface area contributed by atoms with Gasteiger partial charge >= 0.3 is 11.9 Å². The number of esters is 2. The maximum Gasteiger partial charge on any atom is 0.343 e. The molecule has 0 N–H and O–H groups in total. The highest BCUT2D eigenvalue weighted by Gasteiger charge is 2.37. The first-order valence-electron chi connectivity index (χ1n) is 7.45. The minimum absolute atomic E-state index is 0.271. The molecule has 0 aliphatic rings. The largest absolute Gasteiger partial charge is 0.466 e. The lowest BCUT2D eigenvalue weighted by Gasteiger charge is -2.34. The number of rotatable bonds is 4. The van der Waals surface area contributed by atoms with Crippen LogP contribution in [0.2, 0.25) is 0 Å². The van der Waals surface area contributed by atoms with Gasteiger partial charge in [-0.25, -0.2) is 9.59 Å². The summed E-state index contributed by atoms with van der Waals surface area (Å²) in [5, 5.41) is 0. The monoisotopic (exact) mass is 347 g/mol. The van der Waals surface area contributed by atoms with E-state index in [9.17, 15) is 19.2 Å². The molecule has 0 radical (unpaired) electrons. The van der Waals surface area contributed by atoms with Gasteiger partial charge in [0.05, 0.1) is 14.2 Å². The Labute approximate surface area is 146 Å². The second kappa shape index (κ2) is 8.23. The molecule has 0 bridgehead atoms. The van der Waals surface area contributed by atoms with Gasteiger partial charge in [0.1, 0.15) is 5.57 Å². The maximum atomic E-state index is 12.9. The van der Waals surface area contributed by atoms with Crippen LogP contribution < -0.4 is 0 Å². The average Bonchev–Trinajstić information content (AvgIpc) is 2.58. The molecule has 1 aromatic carbocycles. The van der Waals surface area contributed by atoms with Crippen LogP contribution in [-0.2, 0) is 23.9 Å². The number of hydrogen-bond acceptors (Lipinski definition) is 6. The third-order valence-electron chi connectivity index (χ3n) is 3.20. The Balaban J connectivity index is 3.41. The van der Waals surface area contributed by atoms with Crippen LogP contribution in [0.15, 0.2) is 42.0 Å². The number of carbonyl (C=O) groups is 4. The summed E-state index contributed by atoms with van der Waals surface area (Å²) in [7, 11) is 2.18. The molecule has 0 unspecified atom stereocenters. The second-order valence-corrected chi connectivity index (χ2v) is 6.06. The van der Waals surface area contributed by atoms with E-state index in [1.54, 1.807) is 51.1 Å². The molecule has 7 nitrogen and oxygen atoms in total. The van der Waals surface area contributed by atoms with Crippen molar-refractivity contribution >= 4 is 23.8 Å². The first kappa shape index (κ1) is 20.1. The summed E-state index contributed by atoms with van der Waals surface area (Å²) in [6.07, 6.45) is 0.713. The van der Waals surface area contributed by atoms with Gasteiger partial charge in [-0.3, -0.25) is 14.5 Å². The van der Waals surface area contributed by atoms with Crippen molar-refractivity contribution in [1.29, 1.82) is 0 Å². The van der Waals surface area contributed by atoms with E-state index in [2.05, 4.69) is 9.47 Å².